The van der Waals surface area contributed by atoms with Gasteiger partial charge >= 0.3 is 5.97 Å². The molecule has 1 aromatic carbocycles. The maximum absolute atomic E-state index is 11.6. The first-order valence-corrected chi connectivity index (χ1v) is 5.33. The second-order valence-electron chi connectivity index (χ2n) is 4.14. The van der Waals surface area contributed by atoms with E-state index in [2.05, 4.69) is 6.07 Å². The highest BCUT2D eigenvalue weighted by Crippen LogP contribution is 2.47. The van der Waals surface area contributed by atoms with E-state index in [1.807, 2.05) is 18.2 Å². The minimum atomic E-state index is -0.244. The molecule has 3 nitrogen and oxygen atoms in total. The van der Waals surface area contributed by atoms with Crippen LogP contribution in [0.1, 0.15) is 17.2 Å². The Morgan fingerprint density at radius 1 is 1.44 bits per heavy atom. The van der Waals surface area contributed by atoms with E-state index in [0.717, 1.165) is 12.0 Å². The van der Waals surface area contributed by atoms with E-state index in [1.54, 1.807) is 7.11 Å². The average Bonchev–Trinajstić information content (AvgIpc) is 2.78. The predicted octanol–water partition coefficient (Wildman–Crippen LogP) is 1.99. The van der Waals surface area contributed by atoms with Gasteiger partial charge in [-0.3, -0.25) is 0 Å². The third-order valence-corrected chi connectivity index (χ3v) is 3.28. The molecule has 1 heterocycles. The number of hydrogen-bond donors (Lipinski definition) is 0. The third-order valence-electron chi connectivity index (χ3n) is 3.28. The van der Waals surface area contributed by atoms with E-state index in [9.17, 15) is 4.79 Å². The summed E-state index contributed by atoms with van der Waals surface area (Å²) in [5, 5.41) is 0. The van der Waals surface area contributed by atoms with Crippen LogP contribution in [0.25, 0.3) is 0 Å². The Hall–Kier alpha value is -1.77. The van der Waals surface area contributed by atoms with E-state index in [1.165, 1.54) is 11.8 Å². The molecule has 0 amide bonds. The SMILES string of the molecule is CO/C=C1/C(=O)OC2c3ccccc3CC12. The third kappa shape index (κ3) is 1.18. The van der Waals surface area contributed by atoms with Gasteiger partial charge in [-0.25, -0.2) is 4.79 Å². The number of rotatable bonds is 1. The van der Waals surface area contributed by atoms with Crippen molar-refractivity contribution >= 4 is 5.97 Å². The molecule has 16 heavy (non-hydrogen) atoms. The monoisotopic (exact) mass is 216 g/mol. The minimum Gasteiger partial charge on any atom is -0.504 e. The molecule has 0 aromatic heterocycles. The fourth-order valence-electron chi connectivity index (χ4n) is 2.57. The van der Waals surface area contributed by atoms with Crippen LogP contribution >= 0.6 is 0 Å². The average molecular weight is 216 g/mol. The Bertz CT molecular complexity index is 476. The molecule has 1 fully saturated rings. The molecule has 2 atom stereocenters. The largest absolute Gasteiger partial charge is 0.504 e. The van der Waals surface area contributed by atoms with Gasteiger partial charge in [0.1, 0.15) is 6.10 Å². The highest BCUT2D eigenvalue weighted by molar-refractivity contribution is 5.92. The van der Waals surface area contributed by atoms with Crippen molar-refractivity contribution in [3.8, 4) is 0 Å². The van der Waals surface area contributed by atoms with Gasteiger partial charge < -0.3 is 9.47 Å². The molecule has 1 aliphatic heterocycles. The Labute approximate surface area is 93.7 Å². The smallest absolute Gasteiger partial charge is 0.338 e. The van der Waals surface area contributed by atoms with E-state index in [-0.39, 0.29) is 18.0 Å². The lowest BCUT2D eigenvalue weighted by Crippen LogP contribution is -2.03. The van der Waals surface area contributed by atoms with Gasteiger partial charge in [-0.05, 0) is 17.5 Å². The maximum Gasteiger partial charge on any atom is 0.338 e. The van der Waals surface area contributed by atoms with Gasteiger partial charge in [0.25, 0.3) is 0 Å². The number of carbonyl (C=O) groups excluding carboxylic acids is 1. The van der Waals surface area contributed by atoms with Crippen LogP contribution in [-0.2, 0) is 20.7 Å². The van der Waals surface area contributed by atoms with Crippen LogP contribution in [0.3, 0.4) is 0 Å². The molecule has 3 rings (SSSR count). The fourth-order valence-corrected chi connectivity index (χ4v) is 2.57. The van der Waals surface area contributed by atoms with Gasteiger partial charge in [0.2, 0.25) is 0 Å². The van der Waals surface area contributed by atoms with Crippen LogP contribution in [0, 0.1) is 5.92 Å². The second kappa shape index (κ2) is 3.37. The van der Waals surface area contributed by atoms with E-state index < -0.39 is 0 Å². The van der Waals surface area contributed by atoms with Crippen molar-refractivity contribution in [2.24, 2.45) is 5.92 Å². The number of benzene rings is 1. The van der Waals surface area contributed by atoms with Crippen LogP contribution in [0.15, 0.2) is 36.1 Å². The van der Waals surface area contributed by atoms with Crippen molar-refractivity contribution in [3.63, 3.8) is 0 Å². The van der Waals surface area contributed by atoms with E-state index in [0.29, 0.717) is 5.57 Å². The summed E-state index contributed by atoms with van der Waals surface area (Å²) < 4.78 is 10.3. The van der Waals surface area contributed by atoms with Gasteiger partial charge in [0, 0.05) is 5.92 Å². The fraction of sp³-hybridized carbons (Fsp3) is 0.308. The first-order chi connectivity index (χ1) is 7.81. The molecule has 1 aliphatic carbocycles. The van der Waals surface area contributed by atoms with Crippen molar-refractivity contribution in [1.82, 2.24) is 0 Å². The molecule has 82 valence electrons. The van der Waals surface area contributed by atoms with Crippen molar-refractivity contribution in [2.45, 2.75) is 12.5 Å². The van der Waals surface area contributed by atoms with Gasteiger partial charge in [0.15, 0.2) is 0 Å². The summed E-state index contributed by atoms with van der Waals surface area (Å²) in [7, 11) is 1.55. The highest BCUT2D eigenvalue weighted by atomic mass is 16.6. The standard InChI is InChI=1S/C13H12O3/c1-15-7-11-10-6-8-4-2-3-5-9(8)12(10)16-13(11)14/h2-5,7,10,12H,6H2,1H3/b11-7+. The van der Waals surface area contributed by atoms with Crippen LogP contribution < -0.4 is 0 Å². The topological polar surface area (TPSA) is 35.5 Å². The maximum atomic E-state index is 11.6. The van der Waals surface area contributed by atoms with Gasteiger partial charge in [-0.1, -0.05) is 24.3 Å². The van der Waals surface area contributed by atoms with Crippen molar-refractivity contribution in [2.75, 3.05) is 7.11 Å². The zero-order valence-electron chi connectivity index (χ0n) is 8.97. The molecule has 2 aliphatic rings. The first kappa shape index (κ1) is 9.46. The molecular formula is C13H12O3. The van der Waals surface area contributed by atoms with E-state index >= 15 is 0 Å². The van der Waals surface area contributed by atoms with Crippen molar-refractivity contribution in [1.29, 1.82) is 0 Å². The Morgan fingerprint density at radius 2 is 2.25 bits per heavy atom. The van der Waals surface area contributed by atoms with Crippen LogP contribution in [-0.4, -0.2) is 13.1 Å². The normalized spacial score (nSPS) is 28.8. The Balaban J connectivity index is 2.03. The summed E-state index contributed by atoms with van der Waals surface area (Å²) in [5.74, 6) is -0.115. The quantitative estimate of drug-likeness (QED) is 0.409. The summed E-state index contributed by atoms with van der Waals surface area (Å²) >= 11 is 0. The summed E-state index contributed by atoms with van der Waals surface area (Å²) in [6.45, 7) is 0. The molecule has 0 bridgehead atoms. The summed E-state index contributed by atoms with van der Waals surface area (Å²) in [4.78, 5) is 11.6. The van der Waals surface area contributed by atoms with Crippen LogP contribution in [0.5, 0.6) is 0 Å². The number of carbonyl (C=O) groups is 1. The highest BCUT2D eigenvalue weighted by Gasteiger charge is 2.46. The summed E-state index contributed by atoms with van der Waals surface area (Å²) in [6.07, 6.45) is 2.27. The summed E-state index contributed by atoms with van der Waals surface area (Å²) in [6, 6.07) is 8.11. The predicted molar refractivity (Wildman–Crippen MR) is 57.6 cm³/mol. The molecule has 0 N–H and O–H groups in total. The summed E-state index contributed by atoms with van der Waals surface area (Å²) in [5.41, 5.74) is 3.07. The number of esters is 1. The second-order valence-corrected chi connectivity index (χ2v) is 4.14. The Morgan fingerprint density at radius 3 is 3.06 bits per heavy atom. The molecule has 1 aromatic rings. The zero-order chi connectivity index (χ0) is 11.1. The lowest BCUT2D eigenvalue weighted by atomic mass is 9.98. The first-order valence-electron chi connectivity index (χ1n) is 5.33. The molecule has 2 unspecified atom stereocenters. The molecule has 1 saturated heterocycles. The number of fused-ring (bicyclic) bond motifs is 3. The number of methoxy groups -OCH3 is 1. The lowest BCUT2D eigenvalue weighted by molar-refractivity contribution is -0.139. The molecule has 0 radical (unpaired) electrons. The van der Waals surface area contributed by atoms with Gasteiger partial charge in [-0.15, -0.1) is 0 Å². The van der Waals surface area contributed by atoms with Gasteiger partial charge in [-0.2, -0.15) is 0 Å². The van der Waals surface area contributed by atoms with Gasteiger partial charge in [0.05, 0.1) is 18.9 Å². The molecule has 3 heteroatoms. The van der Waals surface area contributed by atoms with Crippen molar-refractivity contribution < 1.29 is 14.3 Å². The van der Waals surface area contributed by atoms with Crippen LogP contribution in [0.4, 0.5) is 0 Å². The molecular weight excluding hydrogens is 204 g/mol. The van der Waals surface area contributed by atoms with E-state index in [4.69, 9.17) is 9.47 Å². The Kier molecular flexibility index (Phi) is 1.99. The van der Waals surface area contributed by atoms with Crippen LogP contribution in [0.2, 0.25) is 0 Å². The van der Waals surface area contributed by atoms with Crippen molar-refractivity contribution in [3.05, 3.63) is 47.2 Å². The molecule has 0 saturated carbocycles. The lowest BCUT2D eigenvalue weighted by Gasteiger charge is -2.07. The number of hydrogen-bond acceptors (Lipinski definition) is 3. The number of ether oxygens (including phenoxy) is 2. The molecule has 0 spiro atoms. The minimum absolute atomic E-state index is 0.106. The zero-order valence-corrected chi connectivity index (χ0v) is 8.97.